The van der Waals surface area contributed by atoms with E-state index in [1.54, 1.807) is 6.07 Å². The van der Waals surface area contributed by atoms with E-state index < -0.39 is 0 Å². The predicted molar refractivity (Wildman–Crippen MR) is 98.9 cm³/mol. The molecule has 3 rings (SSSR count). The highest BCUT2D eigenvalue weighted by molar-refractivity contribution is 5.91. The fourth-order valence-corrected chi connectivity index (χ4v) is 4.19. The van der Waals surface area contributed by atoms with E-state index in [1.807, 2.05) is 23.6 Å². The molecule has 2 aliphatic rings. The van der Waals surface area contributed by atoms with Crippen molar-refractivity contribution in [3.05, 3.63) is 17.5 Å². The van der Waals surface area contributed by atoms with Crippen molar-refractivity contribution in [3.63, 3.8) is 0 Å². The summed E-state index contributed by atoms with van der Waals surface area (Å²) in [7, 11) is 0. The molecule has 0 bridgehead atoms. The Morgan fingerprint density at radius 3 is 2.85 bits per heavy atom. The molecule has 1 spiro atoms. The Bertz CT molecular complexity index is 654. The van der Waals surface area contributed by atoms with E-state index in [0.29, 0.717) is 18.7 Å². The molecule has 144 valence electrons. The second-order valence-corrected chi connectivity index (χ2v) is 8.27. The third-order valence-corrected chi connectivity index (χ3v) is 5.81. The van der Waals surface area contributed by atoms with Gasteiger partial charge in [-0.3, -0.25) is 9.59 Å². The number of amides is 2. The standard InChI is InChI=1S/C20H31N3O3/c1-4-5-10-22-13-20(9-7-18(22)24)8-6-11-23(14-20)19(25)17-12-16(15(2)3)21-26-17/h12,15H,4-11,13-14H2,1-3H3/t20-/m1/s1. The lowest BCUT2D eigenvalue weighted by atomic mass is 9.73. The van der Waals surface area contributed by atoms with E-state index in [-0.39, 0.29) is 23.1 Å². The van der Waals surface area contributed by atoms with Crippen LogP contribution in [0.5, 0.6) is 0 Å². The minimum atomic E-state index is -0.0690. The summed E-state index contributed by atoms with van der Waals surface area (Å²) in [5, 5.41) is 4.02. The molecule has 1 aromatic heterocycles. The summed E-state index contributed by atoms with van der Waals surface area (Å²) in [6.07, 6.45) is 5.68. The molecule has 0 N–H and O–H groups in total. The maximum Gasteiger partial charge on any atom is 0.292 e. The summed E-state index contributed by atoms with van der Waals surface area (Å²) in [5.74, 6) is 0.773. The first-order valence-electron chi connectivity index (χ1n) is 9.98. The van der Waals surface area contributed by atoms with Crippen LogP contribution in [0.2, 0.25) is 0 Å². The van der Waals surface area contributed by atoms with Gasteiger partial charge in [0.25, 0.3) is 5.91 Å². The number of carbonyl (C=O) groups excluding carboxylic acids is 2. The Balaban J connectivity index is 1.69. The number of rotatable bonds is 5. The first-order chi connectivity index (χ1) is 12.4. The molecule has 2 aliphatic heterocycles. The normalized spacial score (nSPS) is 23.9. The van der Waals surface area contributed by atoms with Gasteiger partial charge >= 0.3 is 0 Å². The Hall–Kier alpha value is -1.85. The Labute approximate surface area is 155 Å². The van der Waals surface area contributed by atoms with Crippen molar-refractivity contribution in [1.29, 1.82) is 0 Å². The number of piperidine rings is 2. The quantitative estimate of drug-likeness (QED) is 0.806. The summed E-state index contributed by atoms with van der Waals surface area (Å²) in [6, 6.07) is 1.77. The highest BCUT2D eigenvalue weighted by Crippen LogP contribution is 2.39. The van der Waals surface area contributed by atoms with Gasteiger partial charge in [0.1, 0.15) is 0 Å². The molecule has 0 saturated carbocycles. The summed E-state index contributed by atoms with van der Waals surface area (Å²) >= 11 is 0. The van der Waals surface area contributed by atoms with Crippen LogP contribution in [0.15, 0.2) is 10.6 Å². The fourth-order valence-electron chi connectivity index (χ4n) is 4.19. The molecule has 2 saturated heterocycles. The molecule has 6 heteroatoms. The van der Waals surface area contributed by atoms with Crippen LogP contribution in [0.4, 0.5) is 0 Å². The smallest absolute Gasteiger partial charge is 0.292 e. The number of hydrogen-bond acceptors (Lipinski definition) is 4. The van der Waals surface area contributed by atoms with E-state index in [1.165, 1.54) is 0 Å². The highest BCUT2D eigenvalue weighted by Gasteiger charge is 2.43. The van der Waals surface area contributed by atoms with E-state index >= 15 is 0 Å². The third kappa shape index (κ3) is 3.94. The second-order valence-electron chi connectivity index (χ2n) is 8.27. The van der Waals surface area contributed by atoms with Crippen molar-refractivity contribution in [3.8, 4) is 0 Å². The van der Waals surface area contributed by atoms with Crippen LogP contribution in [0, 0.1) is 5.41 Å². The van der Waals surface area contributed by atoms with E-state index in [4.69, 9.17) is 4.52 Å². The van der Waals surface area contributed by atoms with Gasteiger partial charge in [0.15, 0.2) is 0 Å². The molecule has 0 radical (unpaired) electrons. The molecule has 0 aliphatic carbocycles. The number of hydrogen-bond donors (Lipinski definition) is 0. The number of aromatic nitrogens is 1. The molecule has 2 fully saturated rings. The molecule has 26 heavy (non-hydrogen) atoms. The van der Waals surface area contributed by atoms with Crippen LogP contribution >= 0.6 is 0 Å². The molecule has 0 aromatic carbocycles. The van der Waals surface area contributed by atoms with Crippen molar-refractivity contribution in [2.24, 2.45) is 5.41 Å². The molecule has 1 atom stereocenters. The summed E-state index contributed by atoms with van der Waals surface area (Å²) < 4.78 is 5.30. The zero-order valence-electron chi connectivity index (χ0n) is 16.3. The maximum absolute atomic E-state index is 12.9. The van der Waals surface area contributed by atoms with Crippen LogP contribution in [0.1, 0.15) is 81.5 Å². The maximum atomic E-state index is 12.9. The average molecular weight is 361 g/mol. The summed E-state index contributed by atoms with van der Waals surface area (Å²) in [5.41, 5.74) is 0.852. The summed E-state index contributed by atoms with van der Waals surface area (Å²) in [4.78, 5) is 29.1. The van der Waals surface area contributed by atoms with Gasteiger partial charge in [0.2, 0.25) is 11.7 Å². The third-order valence-electron chi connectivity index (χ3n) is 5.81. The number of carbonyl (C=O) groups is 2. The number of unbranched alkanes of at least 4 members (excludes halogenated alkanes) is 1. The second kappa shape index (κ2) is 7.80. The first-order valence-corrected chi connectivity index (χ1v) is 9.98. The fraction of sp³-hybridized carbons (Fsp3) is 0.750. The minimum absolute atomic E-state index is 0.0382. The SMILES string of the molecule is CCCCN1C[C@@]2(CCCN(C(=O)c3cc(C(C)C)no3)C2)CCC1=O. The molecule has 3 heterocycles. The van der Waals surface area contributed by atoms with Crippen LogP contribution in [0.25, 0.3) is 0 Å². The molecule has 2 amide bonds. The van der Waals surface area contributed by atoms with Crippen LogP contribution in [-0.4, -0.2) is 52.9 Å². The first kappa shape index (κ1) is 18.9. The van der Waals surface area contributed by atoms with Crippen LogP contribution in [-0.2, 0) is 4.79 Å². The van der Waals surface area contributed by atoms with Crippen molar-refractivity contribution < 1.29 is 14.1 Å². The van der Waals surface area contributed by atoms with Gasteiger partial charge in [-0.2, -0.15) is 0 Å². The Kier molecular flexibility index (Phi) is 5.68. The monoisotopic (exact) mass is 361 g/mol. The van der Waals surface area contributed by atoms with E-state index in [2.05, 4.69) is 12.1 Å². The van der Waals surface area contributed by atoms with E-state index in [9.17, 15) is 9.59 Å². The average Bonchev–Trinajstić information content (AvgIpc) is 3.13. The topological polar surface area (TPSA) is 66.7 Å². The zero-order valence-corrected chi connectivity index (χ0v) is 16.3. The zero-order chi connectivity index (χ0) is 18.7. The predicted octanol–water partition coefficient (Wildman–Crippen LogP) is 3.44. The van der Waals surface area contributed by atoms with Crippen molar-refractivity contribution in [2.75, 3.05) is 26.2 Å². The van der Waals surface area contributed by atoms with Crippen molar-refractivity contribution in [1.82, 2.24) is 15.0 Å². The minimum Gasteiger partial charge on any atom is -0.351 e. The van der Waals surface area contributed by atoms with Gasteiger partial charge in [0.05, 0.1) is 5.69 Å². The Morgan fingerprint density at radius 2 is 2.15 bits per heavy atom. The number of likely N-dealkylation sites (tertiary alicyclic amines) is 2. The molecular weight excluding hydrogens is 330 g/mol. The number of nitrogens with zero attached hydrogens (tertiary/aromatic N) is 3. The van der Waals surface area contributed by atoms with Crippen LogP contribution in [0.3, 0.4) is 0 Å². The largest absolute Gasteiger partial charge is 0.351 e. The lowest BCUT2D eigenvalue weighted by Gasteiger charge is -2.48. The highest BCUT2D eigenvalue weighted by atomic mass is 16.5. The van der Waals surface area contributed by atoms with Gasteiger partial charge in [-0.15, -0.1) is 0 Å². The molecule has 6 nitrogen and oxygen atoms in total. The molecule has 0 unspecified atom stereocenters. The van der Waals surface area contributed by atoms with E-state index in [0.717, 1.165) is 57.4 Å². The Morgan fingerprint density at radius 1 is 1.35 bits per heavy atom. The molecular formula is C20H31N3O3. The molecule has 1 aromatic rings. The summed E-state index contributed by atoms with van der Waals surface area (Å²) in [6.45, 7) is 9.29. The van der Waals surface area contributed by atoms with Gasteiger partial charge < -0.3 is 14.3 Å². The van der Waals surface area contributed by atoms with Gasteiger partial charge in [-0.25, -0.2) is 0 Å². The van der Waals surface area contributed by atoms with Gasteiger partial charge in [-0.1, -0.05) is 32.3 Å². The van der Waals surface area contributed by atoms with Gasteiger partial charge in [0, 0.05) is 44.1 Å². The van der Waals surface area contributed by atoms with Crippen LogP contribution < -0.4 is 0 Å². The van der Waals surface area contributed by atoms with Gasteiger partial charge in [-0.05, 0) is 31.6 Å². The van der Waals surface area contributed by atoms with Crippen molar-refractivity contribution in [2.45, 2.75) is 65.2 Å². The lowest BCUT2D eigenvalue weighted by Crippen LogP contribution is -2.55. The van der Waals surface area contributed by atoms with Crippen molar-refractivity contribution >= 4 is 11.8 Å². The lowest BCUT2D eigenvalue weighted by molar-refractivity contribution is -0.139.